The highest BCUT2D eigenvalue weighted by molar-refractivity contribution is 5.77. The lowest BCUT2D eigenvalue weighted by Gasteiger charge is -2.12. The number of esters is 1. The minimum atomic E-state index is -0.279. The van der Waals surface area contributed by atoms with Crippen LogP contribution in [-0.2, 0) is 14.3 Å². The van der Waals surface area contributed by atoms with Gasteiger partial charge in [-0.3, -0.25) is 4.79 Å². The Hall–Kier alpha value is -1.51. The SMILES string of the molecule is CC1=C2C=C[C@H](C=C1)C(=O)OCCCO2. The molecule has 15 heavy (non-hydrogen) atoms. The third kappa shape index (κ3) is 2.29. The molecule has 0 spiro atoms. The fraction of sp³-hybridized carbons (Fsp3) is 0.417. The molecule has 0 saturated heterocycles. The Morgan fingerprint density at radius 3 is 2.80 bits per heavy atom. The number of hydrogen-bond donors (Lipinski definition) is 0. The maximum Gasteiger partial charge on any atom is 0.316 e. The van der Waals surface area contributed by atoms with Crippen LogP contribution in [0.25, 0.3) is 0 Å². The van der Waals surface area contributed by atoms with Gasteiger partial charge in [0.2, 0.25) is 0 Å². The van der Waals surface area contributed by atoms with Gasteiger partial charge >= 0.3 is 5.97 Å². The molecule has 1 aliphatic heterocycles. The number of carbonyl (C=O) groups is 1. The number of fused-ring (bicyclic) bond motifs is 2. The van der Waals surface area contributed by atoms with E-state index in [0.29, 0.717) is 13.2 Å². The van der Waals surface area contributed by atoms with Gasteiger partial charge in [-0.25, -0.2) is 0 Å². The van der Waals surface area contributed by atoms with Crippen LogP contribution in [0.3, 0.4) is 0 Å². The first-order valence-electron chi connectivity index (χ1n) is 5.14. The van der Waals surface area contributed by atoms with Gasteiger partial charge < -0.3 is 9.47 Å². The molecule has 0 aromatic heterocycles. The quantitative estimate of drug-likeness (QED) is 0.568. The van der Waals surface area contributed by atoms with Crippen LogP contribution in [0.5, 0.6) is 0 Å². The largest absolute Gasteiger partial charge is 0.493 e. The zero-order valence-corrected chi connectivity index (χ0v) is 8.73. The molecular weight excluding hydrogens is 192 g/mol. The van der Waals surface area contributed by atoms with Crippen LogP contribution >= 0.6 is 0 Å². The van der Waals surface area contributed by atoms with E-state index in [1.165, 1.54) is 0 Å². The maximum atomic E-state index is 11.6. The number of ether oxygens (including phenoxy) is 2. The normalized spacial score (nSPS) is 25.9. The van der Waals surface area contributed by atoms with Crippen molar-refractivity contribution in [2.45, 2.75) is 13.3 Å². The molecule has 0 aromatic carbocycles. The third-order valence-electron chi connectivity index (χ3n) is 2.46. The van der Waals surface area contributed by atoms with Gasteiger partial charge in [-0.05, 0) is 18.6 Å². The summed E-state index contributed by atoms with van der Waals surface area (Å²) in [6.45, 7) is 2.99. The zero-order valence-electron chi connectivity index (χ0n) is 8.73. The highest BCUT2D eigenvalue weighted by atomic mass is 16.5. The van der Waals surface area contributed by atoms with Crippen molar-refractivity contribution < 1.29 is 14.3 Å². The lowest BCUT2D eigenvalue weighted by atomic mass is 10.1. The first-order chi connectivity index (χ1) is 7.27. The molecule has 0 radical (unpaired) electrons. The molecule has 3 heteroatoms. The molecule has 80 valence electrons. The van der Waals surface area contributed by atoms with Gasteiger partial charge in [-0.2, -0.15) is 0 Å². The van der Waals surface area contributed by atoms with Crippen LogP contribution in [0, 0.1) is 5.92 Å². The number of rotatable bonds is 0. The van der Waals surface area contributed by atoms with Crippen molar-refractivity contribution in [3.05, 3.63) is 35.6 Å². The lowest BCUT2D eigenvalue weighted by Crippen LogP contribution is -2.16. The Kier molecular flexibility index (Phi) is 2.90. The lowest BCUT2D eigenvalue weighted by molar-refractivity contribution is -0.145. The molecule has 2 rings (SSSR count). The van der Waals surface area contributed by atoms with Crippen molar-refractivity contribution in [2.24, 2.45) is 5.92 Å². The molecule has 0 N–H and O–H groups in total. The minimum absolute atomic E-state index is 0.182. The van der Waals surface area contributed by atoms with Crippen LogP contribution in [0.4, 0.5) is 0 Å². The van der Waals surface area contributed by atoms with Crippen molar-refractivity contribution in [3.63, 3.8) is 0 Å². The zero-order chi connectivity index (χ0) is 10.7. The van der Waals surface area contributed by atoms with Crippen molar-refractivity contribution in [3.8, 4) is 0 Å². The monoisotopic (exact) mass is 206 g/mol. The van der Waals surface area contributed by atoms with Crippen LogP contribution in [0.1, 0.15) is 13.3 Å². The molecule has 1 heterocycles. The molecule has 0 aromatic rings. The van der Waals surface area contributed by atoms with Crippen LogP contribution in [0.2, 0.25) is 0 Å². The smallest absolute Gasteiger partial charge is 0.316 e. The van der Waals surface area contributed by atoms with Gasteiger partial charge in [-0.1, -0.05) is 18.2 Å². The first-order valence-corrected chi connectivity index (χ1v) is 5.14. The van der Waals surface area contributed by atoms with Crippen LogP contribution in [0.15, 0.2) is 35.6 Å². The number of hydrogen-bond acceptors (Lipinski definition) is 3. The predicted molar refractivity (Wildman–Crippen MR) is 56.0 cm³/mol. The van der Waals surface area contributed by atoms with Crippen molar-refractivity contribution in [2.75, 3.05) is 13.2 Å². The Labute approximate surface area is 89.1 Å². The molecule has 1 atom stereocenters. The Balaban J connectivity index is 2.30. The van der Waals surface area contributed by atoms with Crippen molar-refractivity contribution in [1.82, 2.24) is 0 Å². The van der Waals surface area contributed by atoms with Crippen LogP contribution < -0.4 is 0 Å². The second kappa shape index (κ2) is 4.34. The van der Waals surface area contributed by atoms with Crippen molar-refractivity contribution >= 4 is 5.97 Å². The van der Waals surface area contributed by atoms with Gasteiger partial charge in [-0.15, -0.1) is 0 Å². The second-order valence-electron chi connectivity index (χ2n) is 3.66. The molecular formula is C12H14O3. The molecule has 0 saturated carbocycles. The summed E-state index contributed by atoms with van der Waals surface area (Å²) in [4.78, 5) is 11.6. The second-order valence-corrected chi connectivity index (χ2v) is 3.66. The van der Waals surface area contributed by atoms with E-state index < -0.39 is 0 Å². The summed E-state index contributed by atoms with van der Waals surface area (Å²) in [6, 6.07) is 0. The van der Waals surface area contributed by atoms with E-state index in [1.54, 1.807) is 0 Å². The van der Waals surface area contributed by atoms with E-state index >= 15 is 0 Å². The summed E-state index contributed by atoms with van der Waals surface area (Å²) in [5.74, 6) is 0.390. The van der Waals surface area contributed by atoms with Gasteiger partial charge in [0.15, 0.2) is 0 Å². The molecule has 2 aliphatic rings. The topological polar surface area (TPSA) is 35.5 Å². The summed E-state index contributed by atoms with van der Waals surface area (Å²) in [7, 11) is 0. The molecule has 0 fully saturated rings. The van der Waals surface area contributed by atoms with E-state index in [9.17, 15) is 4.79 Å². The average molecular weight is 206 g/mol. The molecule has 0 amide bonds. The minimum Gasteiger partial charge on any atom is -0.493 e. The Morgan fingerprint density at radius 2 is 1.93 bits per heavy atom. The third-order valence-corrected chi connectivity index (χ3v) is 2.46. The summed E-state index contributed by atoms with van der Waals surface area (Å²) in [6.07, 6.45) is 8.16. The maximum absolute atomic E-state index is 11.6. The summed E-state index contributed by atoms with van der Waals surface area (Å²) >= 11 is 0. The van der Waals surface area contributed by atoms with Gasteiger partial charge in [0.05, 0.1) is 19.1 Å². The Morgan fingerprint density at radius 1 is 1.20 bits per heavy atom. The summed E-state index contributed by atoms with van der Waals surface area (Å²) in [5.41, 5.74) is 1.04. The van der Waals surface area contributed by atoms with Crippen molar-refractivity contribution in [1.29, 1.82) is 0 Å². The molecule has 1 aliphatic carbocycles. The van der Waals surface area contributed by atoms with Gasteiger partial charge in [0, 0.05) is 6.42 Å². The number of carbonyl (C=O) groups excluding carboxylic acids is 1. The van der Waals surface area contributed by atoms with Gasteiger partial charge in [0.25, 0.3) is 0 Å². The van der Waals surface area contributed by atoms with E-state index in [-0.39, 0.29) is 11.9 Å². The van der Waals surface area contributed by atoms with E-state index in [0.717, 1.165) is 17.8 Å². The number of allylic oxidation sites excluding steroid dienone is 3. The summed E-state index contributed by atoms with van der Waals surface area (Å²) < 4.78 is 10.7. The molecule has 3 nitrogen and oxygen atoms in total. The van der Waals surface area contributed by atoms with Crippen LogP contribution in [-0.4, -0.2) is 19.2 Å². The van der Waals surface area contributed by atoms with E-state index in [2.05, 4.69) is 0 Å². The fourth-order valence-electron chi connectivity index (χ4n) is 1.55. The summed E-state index contributed by atoms with van der Waals surface area (Å²) in [5, 5.41) is 0. The molecule has 0 unspecified atom stereocenters. The first kappa shape index (κ1) is 10.0. The van der Waals surface area contributed by atoms with E-state index in [4.69, 9.17) is 9.47 Å². The Bertz CT molecular complexity index is 350. The average Bonchev–Trinajstić information content (AvgIpc) is 2.42. The number of cyclic esters (lactones) is 1. The van der Waals surface area contributed by atoms with E-state index in [1.807, 2.05) is 31.2 Å². The predicted octanol–water partition coefficient (Wildman–Crippen LogP) is 1.97. The molecule has 2 bridgehead atoms. The highest BCUT2D eigenvalue weighted by Gasteiger charge is 2.17. The fourth-order valence-corrected chi connectivity index (χ4v) is 1.55. The highest BCUT2D eigenvalue weighted by Crippen LogP contribution is 2.19. The van der Waals surface area contributed by atoms with Gasteiger partial charge in [0.1, 0.15) is 5.76 Å². The standard InChI is InChI=1S/C12H14O3/c1-9-3-4-10-5-6-11(9)14-7-2-8-15-12(10)13/h3-6,10H,2,7-8H2,1H3/t10-/m0/s1.